The van der Waals surface area contributed by atoms with E-state index < -0.39 is 5.97 Å². The topological polar surface area (TPSA) is 52.6 Å². The third kappa shape index (κ3) is 1.07. The summed E-state index contributed by atoms with van der Waals surface area (Å²) in [6.45, 7) is 3.36. The Bertz CT molecular complexity index is 348. The zero-order valence-corrected chi connectivity index (χ0v) is 8.22. The normalized spacial score (nSPS) is 45.3. The molecule has 0 amide bonds. The maximum atomic E-state index is 11.4. The first-order valence-corrected chi connectivity index (χ1v) is 5.24. The molecule has 0 aromatic rings. The van der Waals surface area contributed by atoms with Crippen molar-refractivity contribution in [3.8, 4) is 0 Å². The Kier molecular flexibility index (Phi) is 1.69. The van der Waals surface area contributed by atoms with Gasteiger partial charge in [-0.05, 0) is 12.8 Å². The highest BCUT2D eigenvalue weighted by molar-refractivity contribution is 5.82. The Morgan fingerprint density at radius 3 is 3.07 bits per heavy atom. The van der Waals surface area contributed by atoms with Crippen molar-refractivity contribution in [3.63, 3.8) is 0 Å². The molecule has 3 unspecified atom stereocenters. The van der Waals surface area contributed by atoms with Crippen LogP contribution >= 0.6 is 0 Å². The van der Waals surface area contributed by atoms with Crippen LogP contribution in [0.4, 0.5) is 0 Å². The van der Waals surface area contributed by atoms with Crippen LogP contribution in [-0.4, -0.2) is 24.1 Å². The van der Waals surface area contributed by atoms with Crippen LogP contribution in [0.1, 0.15) is 12.8 Å². The summed E-state index contributed by atoms with van der Waals surface area (Å²) in [4.78, 5) is 22.5. The third-order valence-corrected chi connectivity index (χ3v) is 3.83. The van der Waals surface area contributed by atoms with Crippen molar-refractivity contribution in [3.05, 3.63) is 12.7 Å². The highest BCUT2D eigenvalue weighted by atomic mass is 16.6. The van der Waals surface area contributed by atoms with Gasteiger partial charge in [-0.25, -0.2) is 4.79 Å². The van der Waals surface area contributed by atoms with E-state index in [9.17, 15) is 9.59 Å². The molecule has 0 N–H and O–H groups in total. The Labute approximate surface area is 87.2 Å². The van der Waals surface area contributed by atoms with Crippen LogP contribution in [0.2, 0.25) is 0 Å². The molecule has 0 aromatic heterocycles. The minimum Gasteiger partial charge on any atom is -0.458 e. The van der Waals surface area contributed by atoms with Crippen molar-refractivity contribution in [2.75, 3.05) is 0 Å². The van der Waals surface area contributed by atoms with E-state index in [4.69, 9.17) is 9.47 Å². The van der Waals surface area contributed by atoms with E-state index in [0.717, 1.165) is 18.9 Å². The lowest BCUT2D eigenvalue weighted by molar-refractivity contribution is -0.157. The molecule has 4 heteroatoms. The Balaban J connectivity index is 1.80. The first-order chi connectivity index (χ1) is 7.20. The summed E-state index contributed by atoms with van der Waals surface area (Å²) < 4.78 is 10.5. The Morgan fingerprint density at radius 2 is 2.33 bits per heavy atom. The van der Waals surface area contributed by atoms with Gasteiger partial charge < -0.3 is 9.47 Å². The molecule has 15 heavy (non-hydrogen) atoms. The lowest BCUT2D eigenvalue weighted by atomic mass is 9.88. The molecule has 2 aliphatic carbocycles. The van der Waals surface area contributed by atoms with E-state index >= 15 is 0 Å². The van der Waals surface area contributed by atoms with Crippen molar-refractivity contribution in [2.24, 2.45) is 17.8 Å². The fourth-order valence-corrected chi connectivity index (χ4v) is 3.25. The number of carbonyl (C=O) groups excluding carboxylic acids is 2. The van der Waals surface area contributed by atoms with Gasteiger partial charge in [0.05, 0.1) is 5.92 Å². The van der Waals surface area contributed by atoms with Gasteiger partial charge in [0.25, 0.3) is 0 Å². The second-order valence-corrected chi connectivity index (χ2v) is 4.51. The molecular weight excluding hydrogens is 196 g/mol. The molecule has 5 atom stereocenters. The van der Waals surface area contributed by atoms with Gasteiger partial charge in [0.2, 0.25) is 0 Å². The maximum Gasteiger partial charge on any atom is 0.330 e. The van der Waals surface area contributed by atoms with Gasteiger partial charge in [-0.2, -0.15) is 0 Å². The number of rotatable bonds is 2. The fourth-order valence-electron chi connectivity index (χ4n) is 3.25. The monoisotopic (exact) mass is 208 g/mol. The molecule has 0 aromatic carbocycles. The summed E-state index contributed by atoms with van der Waals surface area (Å²) in [5, 5.41) is 0. The van der Waals surface area contributed by atoms with Gasteiger partial charge in [-0.3, -0.25) is 4.79 Å². The number of carbonyl (C=O) groups is 2. The summed E-state index contributed by atoms with van der Waals surface area (Å²) in [5.41, 5.74) is 0. The van der Waals surface area contributed by atoms with E-state index in [-0.39, 0.29) is 30.0 Å². The van der Waals surface area contributed by atoms with Crippen LogP contribution in [0.5, 0.6) is 0 Å². The van der Waals surface area contributed by atoms with Crippen LogP contribution < -0.4 is 0 Å². The molecule has 2 saturated carbocycles. The number of fused-ring (bicyclic) bond motifs is 1. The third-order valence-electron chi connectivity index (χ3n) is 3.83. The molecule has 0 spiro atoms. The highest BCUT2D eigenvalue weighted by Gasteiger charge is 2.63. The van der Waals surface area contributed by atoms with Crippen LogP contribution in [0, 0.1) is 17.8 Å². The van der Waals surface area contributed by atoms with Crippen molar-refractivity contribution in [1.29, 1.82) is 0 Å². The quantitative estimate of drug-likeness (QED) is 0.494. The molecule has 3 rings (SSSR count). The van der Waals surface area contributed by atoms with E-state index in [1.807, 2.05) is 0 Å². The molecule has 3 fully saturated rings. The van der Waals surface area contributed by atoms with Crippen LogP contribution in [-0.2, 0) is 19.1 Å². The van der Waals surface area contributed by atoms with Crippen molar-refractivity contribution >= 4 is 11.9 Å². The fraction of sp³-hybridized carbons (Fsp3) is 0.636. The Hall–Kier alpha value is -1.32. The zero-order chi connectivity index (χ0) is 10.6. The SMILES string of the molecule is C=CC(=O)OC1[C@@H]2CC3C(=O)O[C@@H]1C3C2. The van der Waals surface area contributed by atoms with Gasteiger partial charge in [0.15, 0.2) is 0 Å². The largest absolute Gasteiger partial charge is 0.458 e. The standard InChI is InChI=1S/C11H12O4/c1-2-8(12)14-9-5-3-6-7(4-5)11(13)15-10(6)9/h2,5-7,9-10H,1,3-4H2/t5-,6?,7?,9?,10+/m0/s1. The number of hydrogen-bond acceptors (Lipinski definition) is 4. The number of esters is 2. The lowest BCUT2D eigenvalue weighted by Gasteiger charge is -2.24. The van der Waals surface area contributed by atoms with Gasteiger partial charge in [-0.15, -0.1) is 0 Å². The average molecular weight is 208 g/mol. The zero-order valence-electron chi connectivity index (χ0n) is 8.22. The van der Waals surface area contributed by atoms with Crippen LogP contribution in [0.15, 0.2) is 12.7 Å². The van der Waals surface area contributed by atoms with Gasteiger partial charge >= 0.3 is 11.9 Å². The molecule has 0 radical (unpaired) electrons. The number of hydrogen-bond donors (Lipinski definition) is 0. The van der Waals surface area contributed by atoms with Crippen LogP contribution in [0.3, 0.4) is 0 Å². The van der Waals surface area contributed by atoms with E-state index in [0.29, 0.717) is 5.92 Å². The summed E-state index contributed by atoms with van der Waals surface area (Å²) >= 11 is 0. The first kappa shape index (κ1) is 8.95. The molecule has 1 saturated heterocycles. The lowest BCUT2D eigenvalue weighted by Crippen LogP contribution is -2.35. The average Bonchev–Trinajstić information content (AvgIpc) is 2.81. The predicted molar refractivity (Wildman–Crippen MR) is 49.7 cm³/mol. The first-order valence-electron chi connectivity index (χ1n) is 5.24. The molecular formula is C11H12O4. The van der Waals surface area contributed by atoms with E-state index in [1.165, 1.54) is 0 Å². The van der Waals surface area contributed by atoms with Gasteiger partial charge in [0, 0.05) is 17.9 Å². The smallest absolute Gasteiger partial charge is 0.330 e. The minimum atomic E-state index is -0.424. The predicted octanol–water partition coefficient (Wildman–Crippen LogP) is 0.666. The minimum absolute atomic E-state index is 0.0682. The van der Waals surface area contributed by atoms with Crippen molar-refractivity contribution in [2.45, 2.75) is 25.0 Å². The summed E-state index contributed by atoms with van der Waals surface area (Å²) in [7, 11) is 0. The molecule has 80 valence electrons. The highest BCUT2D eigenvalue weighted by Crippen LogP contribution is 2.55. The van der Waals surface area contributed by atoms with E-state index in [2.05, 4.69) is 6.58 Å². The summed E-state index contributed by atoms with van der Waals surface area (Å²) in [6, 6.07) is 0. The summed E-state index contributed by atoms with van der Waals surface area (Å²) in [5.74, 6) is 0.126. The molecule has 1 heterocycles. The van der Waals surface area contributed by atoms with E-state index in [1.54, 1.807) is 0 Å². The van der Waals surface area contributed by atoms with Crippen LogP contribution in [0.25, 0.3) is 0 Å². The second kappa shape index (κ2) is 2.84. The van der Waals surface area contributed by atoms with Crippen molar-refractivity contribution in [1.82, 2.24) is 0 Å². The van der Waals surface area contributed by atoms with Gasteiger partial charge in [0.1, 0.15) is 12.2 Å². The molecule has 3 aliphatic rings. The maximum absolute atomic E-state index is 11.4. The number of ether oxygens (including phenoxy) is 2. The van der Waals surface area contributed by atoms with Crippen molar-refractivity contribution < 1.29 is 19.1 Å². The molecule has 1 aliphatic heterocycles. The summed E-state index contributed by atoms with van der Waals surface area (Å²) in [6.07, 6.45) is 2.50. The molecule has 4 nitrogen and oxygen atoms in total. The molecule has 2 bridgehead atoms. The second-order valence-electron chi connectivity index (χ2n) is 4.51. The van der Waals surface area contributed by atoms with Gasteiger partial charge in [-0.1, -0.05) is 6.58 Å². The Morgan fingerprint density at radius 1 is 1.53 bits per heavy atom.